The molecule has 2 nitrogen and oxygen atoms in total. The number of hydrogen-bond donors (Lipinski definition) is 1. The van der Waals surface area contributed by atoms with Crippen LogP contribution in [0.4, 0.5) is 0 Å². The molecule has 0 spiro atoms. The highest BCUT2D eigenvalue weighted by Crippen LogP contribution is 2.27. The minimum absolute atomic E-state index is 0.256. The molecule has 0 aliphatic heterocycles. The molecule has 16 heavy (non-hydrogen) atoms. The van der Waals surface area contributed by atoms with Gasteiger partial charge in [0.05, 0.1) is 0 Å². The molecule has 0 aromatic carbocycles. The maximum atomic E-state index is 11.7. The molecule has 0 bridgehead atoms. The summed E-state index contributed by atoms with van der Waals surface area (Å²) >= 11 is 0. The van der Waals surface area contributed by atoms with E-state index in [4.69, 9.17) is 0 Å². The van der Waals surface area contributed by atoms with Crippen molar-refractivity contribution >= 4 is 5.91 Å². The standard InChI is InChI=1S/C14H27NO/c1-3-7-12(2)15-14(16)11-10-13-8-5-4-6-9-13/h12-13H,3-11H2,1-2H3,(H,15,16). The highest BCUT2D eigenvalue weighted by Gasteiger charge is 2.15. The smallest absolute Gasteiger partial charge is 0.220 e. The minimum atomic E-state index is 0.256. The number of hydrogen-bond acceptors (Lipinski definition) is 1. The van der Waals surface area contributed by atoms with E-state index in [1.54, 1.807) is 0 Å². The molecule has 1 unspecified atom stereocenters. The van der Waals surface area contributed by atoms with Crippen molar-refractivity contribution < 1.29 is 4.79 Å². The zero-order chi connectivity index (χ0) is 11.8. The normalized spacial score (nSPS) is 19.4. The molecule has 2 heteroatoms. The van der Waals surface area contributed by atoms with Gasteiger partial charge >= 0.3 is 0 Å². The number of amides is 1. The molecule has 94 valence electrons. The number of carbonyl (C=O) groups is 1. The van der Waals surface area contributed by atoms with Gasteiger partial charge in [0.2, 0.25) is 5.91 Å². The van der Waals surface area contributed by atoms with Crippen LogP contribution in [0.15, 0.2) is 0 Å². The molecule has 1 amide bonds. The summed E-state index contributed by atoms with van der Waals surface area (Å²) in [5.74, 6) is 1.08. The third-order valence-corrected chi connectivity index (χ3v) is 3.63. The van der Waals surface area contributed by atoms with E-state index in [1.807, 2.05) is 0 Å². The van der Waals surface area contributed by atoms with E-state index < -0.39 is 0 Å². The van der Waals surface area contributed by atoms with Gasteiger partial charge in [-0.25, -0.2) is 0 Å². The van der Waals surface area contributed by atoms with Crippen LogP contribution in [0.2, 0.25) is 0 Å². The summed E-state index contributed by atoms with van der Waals surface area (Å²) in [7, 11) is 0. The highest BCUT2D eigenvalue weighted by atomic mass is 16.1. The molecule has 0 radical (unpaired) electrons. The Morgan fingerprint density at radius 3 is 2.62 bits per heavy atom. The van der Waals surface area contributed by atoms with Gasteiger partial charge in [-0.2, -0.15) is 0 Å². The Bertz CT molecular complexity index is 197. The molecule has 1 aliphatic rings. The van der Waals surface area contributed by atoms with Crippen LogP contribution in [0.25, 0.3) is 0 Å². The Balaban J connectivity index is 2.09. The first-order valence-corrected chi connectivity index (χ1v) is 7.01. The van der Waals surface area contributed by atoms with Crippen LogP contribution in [0.5, 0.6) is 0 Å². The number of rotatable bonds is 6. The molecule has 1 atom stereocenters. The second kappa shape index (κ2) is 7.70. The third-order valence-electron chi connectivity index (χ3n) is 3.63. The summed E-state index contributed by atoms with van der Waals surface area (Å²) in [6, 6.07) is 0.351. The monoisotopic (exact) mass is 225 g/mol. The van der Waals surface area contributed by atoms with Crippen molar-refractivity contribution in [3.8, 4) is 0 Å². The summed E-state index contributed by atoms with van der Waals surface area (Å²) in [5.41, 5.74) is 0. The van der Waals surface area contributed by atoms with E-state index in [-0.39, 0.29) is 5.91 Å². The maximum absolute atomic E-state index is 11.7. The predicted molar refractivity (Wildman–Crippen MR) is 68.3 cm³/mol. The lowest BCUT2D eigenvalue weighted by atomic mass is 9.86. The molecule has 1 aliphatic carbocycles. The fourth-order valence-electron chi connectivity index (χ4n) is 2.66. The first kappa shape index (κ1) is 13.5. The SMILES string of the molecule is CCCC(C)NC(=O)CCC1CCCCC1. The van der Waals surface area contributed by atoms with E-state index in [1.165, 1.54) is 32.1 Å². The molecule has 0 heterocycles. The third kappa shape index (κ3) is 5.53. The Morgan fingerprint density at radius 1 is 1.31 bits per heavy atom. The lowest BCUT2D eigenvalue weighted by Gasteiger charge is -2.21. The van der Waals surface area contributed by atoms with Gasteiger partial charge in [-0.05, 0) is 25.7 Å². The van der Waals surface area contributed by atoms with Crippen molar-refractivity contribution in [3.05, 3.63) is 0 Å². The molecular weight excluding hydrogens is 198 g/mol. The molecule has 1 rings (SSSR count). The Morgan fingerprint density at radius 2 is 2.00 bits per heavy atom. The fourth-order valence-corrected chi connectivity index (χ4v) is 2.66. The summed E-state index contributed by atoms with van der Waals surface area (Å²) in [6.45, 7) is 4.26. The molecule has 0 aromatic heterocycles. The average Bonchev–Trinajstić information content (AvgIpc) is 2.28. The second-order valence-electron chi connectivity index (χ2n) is 5.30. The van der Waals surface area contributed by atoms with Crippen molar-refractivity contribution in [2.24, 2.45) is 5.92 Å². The van der Waals surface area contributed by atoms with Gasteiger partial charge in [-0.3, -0.25) is 4.79 Å². The van der Waals surface area contributed by atoms with Crippen molar-refractivity contribution in [2.75, 3.05) is 0 Å². The molecule has 0 aromatic rings. The van der Waals surface area contributed by atoms with Gasteiger partial charge in [0, 0.05) is 12.5 Å². The molecule has 1 N–H and O–H groups in total. The van der Waals surface area contributed by atoms with E-state index in [0.29, 0.717) is 6.04 Å². The molecule has 1 fully saturated rings. The second-order valence-corrected chi connectivity index (χ2v) is 5.30. The van der Waals surface area contributed by atoms with Crippen molar-refractivity contribution in [3.63, 3.8) is 0 Å². The van der Waals surface area contributed by atoms with Crippen LogP contribution >= 0.6 is 0 Å². The molecule has 0 saturated heterocycles. The molecule has 1 saturated carbocycles. The van der Waals surface area contributed by atoms with Crippen LogP contribution in [-0.4, -0.2) is 11.9 Å². The van der Waals surface area contributed by atoms with Crippen LogP contribution < -0.4 is 5.32 Å². The lowest BCUT2D eigenvalue weighted by Crippen LogP contribution is -2.32. The quantitative estimate of drug-likeness (QED) is 0.734. The lowest BCUT2D eigenvalue weighted by molar-refractivity contribution is -0.122. The van der Waals surface area contributed by atoms with E-state index in [2.05, 4.69) is 19.2 Å². The first-order chi connectivity index (χ1) is 7.72. The van der Waals surface area contributed by atoms with Gasteiger partial charge in [-0.1, -0.05) is 45.4 Å². The Hall–Kier alpha value is -0.530. The largest absolute Gasteiger partial charge is 0.354 e. The first-order valence-electron chi connectivity index (χ1n) is 7.01. The summed E-state index contributed by atoms with van der Waals surface area (Å²) in [5, 5.41) is 3.08. The topological polar surface area (TPSA) is 29.1 Å². The van der Waals surface area contributed by atoms with E-state index in [0.717, 1.165) is 31.6 Å². The van der Waals surface area contributed by atoms with Crippen LogP contribution in [0.1, 0.15) is 71.6 Å². The number of carbonyl (C=O) groups excluding carboxylic acids is 1. The van der Waals surface area contributed by atoms with Crippen LogP contribution in [-0.2, 0) is 4.79 Å². The van der Waals surface area contributed by atoms with Gasteiger partial charge < -0.3 is 5.32 Å². The van der Waals surface area contributed by atoms with Crippen LogP contribution in [0, 0.1) is 5.92 Å². The van der Waals surface area contributed by atoms with E-state index >= 15 is 0 Å². The Labute approximate surface area is 100 Å². The maximum Gasteiger partial charge on any atom is 0.220 e. The van der Waals surface area contributed by atoms with Crippen LogP contribution in [0.3, 0.4) is 0 Å². The molecular formula is C14H27NO. The fraction of sp³-hybridized carbons (Fsp3) is 0.929. The van der Waals surface area contributed by atoms with Crippen molar-refractivity contribution in [1.82, 2.24) is 5.32 Å². The van der Waals surface area contributed by atoms with Gasteiger partial charge in [0.1, 0.15) is 0 Å². The zero-order valence-electron chi connectivity index (χ0n) is 10.9. The summed E-state index contributed by atoms with van der Waals surface area (Å²) < 4.78 is 0. The minimum Gasteiger partial charge on any atom is -0.354 e. The zero-order valence-corrected chi connectivity index (χ0v) is 10.9. The predicted octanol–water partition coefficient (Wildman–Crippen LogP) is 3.65. The summed E-state index contributed by atoms with van der Waals surface area (Å²) in [6.07, 6.45) is 10.9. The van der Waals surface area contributed by atoms with Crippen molar-refractivity contribution in [1.29, 1.82) is 0 Å². The highest BCUT2D eigenvalue weighted by molar-refractivity contribution is 5.76. The Kier molecular flexibility index (Phi) is 6.51. The number of nitrogens with one attached hydrogen (secondary N) is 1. The van der Waals surface area contributed by atoms with Gasteiger partial charge in [0.15, 0.2) is 0 Å². The average molecular weight is 225 g/mol. The summed E-state index contributed by atoms with van der Waals surface area (Å²) in [4.78, 5) is 11.7. The van der Waals surface area contributed by atoms with Gasteiger partial charge in [-0.15, -0.1) is 0 Å². The van der Waals surface area contributed by atoms with Crippen molar-refractivity contribution in [2.45, 2.75) is 77.7 Å². The van der Waals surface area contributed by atoms with E-state index in [9.17, 15) is 4.79 Å². The van der Waals surface area contributed by atoms with Gasteiger partial charge in [0.25, 0.3) is 0 Å².